The number of nitrogens with one attached hydrogen (secondary N) is 2. The molecule has 1 atom stereocenters. The van der Waals surface area contributed by atoms with Crippen molar-refractivity contribution in [1.82, 2.24) is 5.32 Å². The summed E-state index contributed by atoms with van der Waals surface area (Å²) in [5.74, 6) is 0. The lowest BCUT2D eigenvalue weighted by Gasteiger charge is -2.32. The van der Waals surface area contributed by atoms with Gasteiger partial charge < -0.3 is 10.6 Å². The summed E-state index contributed by atoms with van der Waals surface area (Å²) < 4.78 is 0. The van der Waals surface area contributed by atoms with Gasteiger partial charge in [-0.3, -0.25) is 0 Å². The van der Waals surface area contributed by atoms with Crippen molar-refractivity contribution in [3.8, 4) is 0 Å². The molecule has 0 heterocycles. The minimum absolute atomic E-state index is 0. The van der Waals surface area contributed by atoms with Crippen molar-refractivity contribution in [2.45, 2.75) is 26.8 Å². The fourth-order valence-electron chi connectivity index (χ4n) is 2.06. The fourth-order valence-corrected chi connectivity index (χ4v) is 2.24. The van der Waals surface area contributed by atoms with Crippen LogP contribution >= 0.6 is 24.0 Å². The lowest BCUT2D eigenvalue weighted by Crippen LogP contribution is -2.30. The molecule has 0 amide bonds. The summed E-state index contributed by atoms with van der Waals surface area (Å²) in [6.07, 6.45) is 0. The number of anilines is 1. The van der Waals surface area contributed by atoms with Crippen molar-refractivity contribution in [3.05, 3.63) is 28.8 Å². The van der Waals surface area contributed by atoms with Gasteiger partial charge in [-0.2, -0.15) is 0 Å². The van der Waals surface area contributed by atoms with Crippen molar-refractivity contribution in [2.75, 3.05) is 19.4 Å². The van der Waals surface area contributed by atoms with Gasteiger partial charge in [0.1, 0.15) is 0 Å². The number of rotatable bonds is 3. The van der Waals surface area contributed by atoms with Crippen LogP contribution in [-0.2, 0) is 0 Å². The second-order valence-corrected chi connectivity index (χ2v) is 5.51. The van der Waals surface area contributed by atoms with Crippen LogP contribution in [0.1, 0.15) is 32.4 Å². The standard InChI is InChI=1S/C13H21ClN2.ClH/c1-13(2,3)12(16-5)10-8-9(14)6-7-11(10)15-4;/h6-8,12,15-16H,1-5H3;1H/t12-;/m1./s1. The summed E-state index contributed by atoms with van der Waals surface area (Å²) in [6, 6.07) is 6.23. The molecule has 0 bridgehead atoms. The largest absolute Gasteiger partial charge is 0.388 e. The molecular formula is C13H22Cl2N2. The van der Waals surface area contributed by atoms with E-state index in [1.54, 1.807) is 0 Å². The number of hydrogen-bond acceptors (Lipinski definition) is 2. The summed E-state index contributed by atoms with van der Waals surface area (Å²) in [7, 11) is 3.92. The molecule has 4 heteroatoms. The zero-order valence-electron chi connectivity index (χ0n) is 11.1. The van der Waals surface area contributed by atoms with Crippen LogP contribution in [0.5, 0.6) is 0 Å². The molecule has 0 saturated heterocycles. The minimum atomic E-state index is 0. The third kappa shape index (κ3) is 4.06. The second-order valence-electron chi connectivity index (χ2n) is 5.07. The molecule has 0 aliphatic rings. The molecule has 0 aliphatic carbocycles. The highest BCUT2D eigenvalue weighted by atomic mass is 35.5. The van der Waals surface area contributed by atoms with Gasteiger partial charge in [0.15, 0.2) is 0 Å². The van der Waals surface area contributed by atoms with Gasteiger partial charge in [0.05, 0.1) is 0 Å². The summed E-state index contributed by atoms with van der Waals surface area (Å²) in [5, 5.41) is 7.35. The van der Waals surface area contributed by atoms with E-state index in [1.807, 2.05) is 32.3 Å². The fraction of sp³-hybridized carbons (Fsp3) is 0.538. The maximum absolute atomic E-state index is 6.07. The summed E-state index contributed by atoms with van der Waals surface area (Å²) in [4.78, 5) is 0. The van der Waals surface area contributed by atoms with Gasteiger partial charge >= 0.3 is 0 Å². The Morgan fingerprint density at radius 2 is 1.76 bits per heavy atom. The van der Waals surface area contributed by atoms with E-state index in [-0.39, 0.29) is 23.9 Å². The molecule has 0 fully saturated rings. The van der Waals surface area contributed by atoms with Crippen LogP contribution in [-0.4, -0.2) is 14.1 Å². The van der Waals surface area contributed by atoms with Crippen molar-refractivity contribution < 1.29 is 0 Å². The predicted molar refractivity (Wildman–Crippen MR) is 79.5 cm³/mol. The molecule has 1 aromatic carbocycles. The van der Waals surface area contributed by atoms with E-state index in [9.17, 15) is 0 Å². The normalized spacial score (nSPS) is 12.8. The Kier molecular flexibility index (Phi) is 6.31. The summed E-state index contributed by atoms with van der Waals surface area (Å²) in [5.41, 5.74) is 2.48. The minimum Gasteiger partial charge on any atom is -0.388 e. The molecule has 0 saturated carbocycles. The van der Waals surface area contributed by atoms with Crippen LogP contribution in [0.4, 0.5) is 5.69 Å². The highest BCUT2D eigenvalue weighted by Gasteiger charge is 2.26. The Morgan fingerprint density at radius 1 is 1.18 bits per heavy atom. The maximum Gasteiger partial charge on any atom is 0.0410 e. The first kappa shape index (κ1) is 16.6. The zero-order valence-corrected chi connectivity index (χ0v) is 12.7. The Morgan fingerprint density at radius 3 is 2.18 bits per heavy atom. The van der Waals surface area contributed by atoms with Crippen LogP contribution in [0.3, 0.4) is 0 Å². The Labute approximate surface area is 116 Å². The van der Waals surface area contributed by atoms with E-state index >= 15 is 0 Å². The Hall–Kier alpha value is -0.440. The van der Waals surface area contributed by atoms with Crippen LogP contribution in [0.25, 0.3) is 0 Å². The van der Waals surface area contributed by atoms with E-state index < -0.39 is 0 Å². The van der Waals surface area contributed by atoms with Crippen LogP contribution in [0, 0.1) is 5.41 Å². The average molecular weight is 277 g/mol. The van der Waals surface area contributed by atoms with Crippen LogP contribution in [0.2, 0.25) is 5.02 Å². The van der Waals surface area contributed by atoms with Crippen LogP contribution < -0.4 is 10.6 Å². The smallest absolute Gasteiger partial charge is 0.0410 e. The van der Waals surface area contributed by atoms with Gasteiger partial charge in [-0.1, -0.05) is 32.4 Å². The van der Waals surface area contributed by atoms with Crippen molar-refractivity contribution >= 4 is 29.7 Å². The lowest BCUT2D eigenvalue weighted by atomic mass is 9.82. The monoisotopic (exact) mass is 276 g/mol. The van der Waals surface area contributed by atoms with Gasteiger partial charge in [-0.25, -0.2) is 0 Å². The Bertz CT molecular complexity index is 359. The molecule has 98 valence electrons. The van der Waals surface area contributed by atoms with Gasteiger partial charge in [-0.15, -0.1) is 12.4 Å². The molecule has 2 nitrogen and oxygen atoms in total. The number of benzene rings is 1. The van der Waals surface area contributed by atoms with Crippen molar-refractivity contribution in [1.29, 1.82) is 0 Å². The Balaban J connectivity index is 0.00000256. The van der Waals surface area contributed by atoms with Crippen LogP contribution in [0.15, 0.2) is 18.2 Å². The molecule has 0 radical (unpaired) electrons. The quantitative estimate of drug-likeness (QED) is 0.868. The average Bonchev–Trinajstić information content (AvgIpc) is 2.17. The lowest BCUT2D eigenvalue weighted by molar-refractivity contribution is 0.287. The van der Waals surface area contributed by atoms with Gasteiger partial charge in [0.25, 0.3) is 0 Å². The number of hydrogen-bond donors (Lipinski definition) is 2. The molecule has 2 N–H and O–H groups in total. The molecule has 1 aromatic rings. The molecule has 1 rings (SSSR count). The van der Waals surface area contributed by atoms with E-state index in [0.29, 0.717) is 0 Å². The molecular weight excluding hydrogens is 255 g/mol. The first-order chi connectivity index (χ1) is 7.40. The second kappa shape index (κ2) is 6.48. The summed E-state index contributed by atoms with van der Waals surface area (Å²) in [6.45, 7) is 6.65. The number of halogens is 2. The maximum atomic E-state index is 6.07. The molecule has 0 unspecified atom stereocenters. The van der Waals surface area contributed by atoms with E-state index in [1.165, 1.54) is 5.56 Å². The molecule has 0 aromatic heterocycles. The third-order valence-electron chi connectivity index (χ3n) is 2.75. The van der Waals surface area contributed by atoms with E-state index in [2.05, 4.69) is 31.4 Å². The van der Waals surface area contributed by atoms with Gasteiger partial charge in [0.2, 0.25) is 0 Å². The molecule has 0 aliphatic heterocycles. The first-order valence-corrected chi connectivity index (χ1v) is 5.92. The predicted octanol–water partition coefficient (Wildman–Crippen LogP) is 4.11. The van der Waals surface area contributed by atoms with Crippen molar-refractivity contribution in [3.63, 3.8) is 0 Å². The zero-order chi connectivity index (χ0) is 12.3. The topological polar surface area (TPSA) is 24.1 Å². The van der Waals surface area contributed by atoms with Crippen molar-refractivity contribution in [2.24, 2.45) is 5.41 Å². The summed E-state index contributed by atoms with van der Waals surface area (Å²) >= 11 is 6.07. The highest BCUT2D eigenvalue weighted by Crippen LogP contribution is 2.37. The van der Waals surface area contributed by atoms with Gasteiger partial charge in [0, 0.05) is 23.8 Å². The third-order valence-corrected chi connectivity index (χ3v) is 2.98. The highest BCUT2D eigenvalue weighted by molar-refractivity contribution is 6.30. The van der Waals surface area contributed by atoms with E-state index in [0.717, 1.165) is 10.7 Å². The first-order valence-electron chi connectivity index (χ1n) is 5.54. The molecule has 17 heavy (non-hydrogen) atoms. The molecule has 0 spiro atoms. The van der Waals surface area contributed by atoms with E-state index in [4.69, 9.17) is 11.6 Å². The SMILES string of the molecule is CNc1ccc(Cl)cc1[C@@H](NC)C(C)(C)C.Cl. The van der Waals surface area contributed by atoms with Gasteiger partial charge in [-0.05, 0) is 36.2 Å².